The Labute approximate surface area is 158 Å². The van der Waals surface area contributed by atoms with E-state index < -0.39 is 0 Å². The number of carbonyl (C=O) groups excluding carboxylic acids is 1. The van der Waals surface area contributed by atoms with Crippen LogP contribution in [0.3, 0.4) is 0 Å². The van der Waals surface area contributed by atoms with Gasteiger partial charge in [-0.2, -0.15) is 5.10 Å². The number of nitrogens with zero attached hydrogens (tertiary/aromatic N) is 3. The molecule has 1 aromatic heterocycles. The number of hydrogen-bond acceptors (Lipinski definition) is 3. The molecule has 0 aliphatic heterocycles. The average molecular weight is 366 g/mol. The molecule has 0 aliphatic rings. The van der Waals surface area contributed by atoms with E-state index >= 15 is 0 Å². The summed E-state index contributed by atoms with van der Waals surface area (Å²) in [6.07, 6.45) is 4.37. The molecular formula is C21H23FN4O. The van der Waals surface area contributed by atoms with E-state index in [9.17, 15) is 9.18 Å². The molecule has 0 fully saturated rings. The summed E-state index contributed by atoms with van der Waals surface area (Å²) in [5.74, 6) is -0.339. The highest BCUT2D eigenvalue weighted by Crippen LogP contribution is 2.16. The molecule has 27 heavy (non-hydrogen) atoms. The summed E-state index contributed by atoms with van der Waals surface area (Å²) in [4.78, 5) is 14.1. The number of hydrogen-bond donors (Lipinski definition) is 1. The van der Waals surface area contributed by atoms with Crippen LogP contribution in [0, 0.1) is 5.82 Å². The Morgan fingerprint density at radius 2 is 1.93 bits per heavy atom. The van der Waals surface area contributed by atoms with Crippen LogP contribution in [-0.4, -0.2) is 35.8 Å². The normalized spacial score (nSPS) is 10.6. The van der Waals surface area contributed by atoms with Crippen LogP contribution >= 0.6 is 0 Å². The van der Waals surface area contributed by atoms with Crippen molar-refractivity contribution >= 4 is 11.6 Å². The second-order valence-corrected chi connectivity index (χ2v) is 6.38. The van der Waals surface area contributed by atoms with Gasteiger partial charge >= 0.3 is 0 Å². The van der Waals surface area contributed by atoms with Crippen LogP contribution in [0.5, 0.6) is 0 Å². The van der Waals surface area contributed by atoms with Gasteiger partial charge in [0.15, 0.2) is 0 Å². The van der Waals surface area contributed by atoms with Crippen molar-refractivity contribution in [3.63, 3.8) is 0 Å². The minimum absolute atomic E-state index is 0.103. The number of amides is 1. The molecule has 0 saturated heterocycles. The molecule has 140 valence electrons. The molecule has 2 aromatic carbocycles. The first-order chi connectivity index (χ1) is 13.1. The number of rotatable bonds is 8. The maximum absolute atomic E-state index is 13.7. The molecular weight excluding hydrogens is 343 g/mol. The molecule has 0 unspecified atom stereocenters. The van der Waals surface area contributed by atoms with Crippen LogP contribution in [0.2, 0.25) is 0 Å². The maximum atomic E-state index is 13.7. The number of anilines is 1. The number of aromatic nitrogens is 2. The fraction of sp³-hybridized carbons (Fsp3) is 0.238. The van der Waals surface area contributed by atoms with Gasteiger partial charge in [0, 0.05) is 38.1 Å². The number of carbonyl (C=O) groups is 1. The van der Waals surface area contributed by atoms with E-state index in [-0.39, 0.29) is 11.7 Å². The number of benzene rings is 2. The Kier molecular flexibility index (Phi) is 6.20. The molecule has 1 amide bonds. The summed E-state index contributed by atoms with van der Waals surface area (Å²) in [5, 5.41) is 7.08. The molecule has 3 rings (SSSR count). The molecule has 0 atom stereocenters. The highest BCUT2D eigenvalue weighted by molar-refractivity contribution is 5.94. The Hall–Kier alpha value is -3.15. The van der Waals surface area contributed by atoms with Gasteiger partial charge in [0.05, 0.1) is 12.2 Å². The number of halogens is 1. The van der Waals surface area contributed by atoms with Crippen molar-refractivity contribution in [1.82, 2.24) is 15.1 Å². The van der Waals surface area contributed by atoms with Crippen LogP contribution < -0.4 is 10.2 Å². The van der Waals surface area contributed by atoms with Gasteiger partial charge in [-0.05, 0) is 42.3 Å². The molecule has 3 aromatic rings. The largest absolute Gasteiger partial charge is 0.372 e. The van der Waals surface area contributed by atoms with Gasteiger partial charge in [-0.1, -0.05) is 24.3 Å². The van der Waals surface area contributed by atoms with Crippen molar-refractivity contribution in [3.8, 4) is 0 Å². The van der Waals surface area contributed by atoms with Crippen molar-refractivity contribution in [3.05, 3.63) is 83.9 Å². The smallest absolute Gasteiger partial charge is 0.251 e. The fourth-order valence-electron chi connectivity index (χ4n) is 2.84. The van der Waals surface area contributed by atoms with Crippen LogP contribution in [0.25, 0.3) is 0 Å². The Morgan fingerprint density at radius 1 is 1.15 bits per heavy atom. The summed E-state index contributed by atoms with van der Waals surface area (Å²) < 4.78 is 15.6. The maximum Gasteiger partial charge on any atom is 0.251 e. The first-order valence-electron chi connectivity index (χ1n) is 8.94. The monoisotopic (exact) mass is 366 g/mol. The quantitative estimate of drug-likeness (QED) is 0.622. The lowest BCUT2D eigenvalue weighted by molar-refractivity contribution is 0.0953. The van der Waals surface area contributed by atoms with Crippen molar-refractivity contribution in [1.29, 1.82) is 0 Å². The van der Waals surface area contributed by atoms with Gasteiger partial charge in [0.25, 0.3) is 5.91 Å². The third-order valence-electron chi connectivity index (χ3n) is 4.34. The van der Waals surface area contributed by atoms with E-state index in [2.05, 4.69) is 10.4 Å². The second-order valence-electron chi connectivity index (χ2n) is 6.38. The number of para-hydroxylation sites is 1. The molecule has 0 saturated carbocycles. The first kappa shape index (κ1) is 18.6. The minimum atomic E-state index is -0.237. The summed E-state index contributed by atoms with van der Waals surface area (Å²) in [6, 6.07) is 16.1. The van der Waals surface area contributed by atoms with E-state index in [0.717, 1.165) is 12.0 Å². The topological polar surface area (TPSA) is 50.2 Å². The van der Waals surface area contributed by atoms with Gasteiger partial charge < -0.3 is 10.2 Å². The molecule has 0 radical (unpaired) electrons. The molecule has 0 bridgehead atoms. The van der Waals surface area contributed by atoms with E-state index in [0.29, 0.717) is 30.9 Å². The minimum Gasteiger partial charge on any atom is -0.372 e. The highest BCUT2D eigenvalue weighted by atomic mass is 19.1. The van der Waals surface area contributed by atoms with Gasteiger partial charge in [0.1, 0.15) is 5.82 Å². The van der Waals surface area contributed by atoms with E-state index in [1.807, 2.05) is 59.2 Å². The average Bonchev–Trinajstić information content (AvgIpc) is 3.19. The summed E-state index contributed by atoms with van der Waals surface area (Å²) in [5.41, 5.74) is 2.28. The van der Waals surface area contributed by atoms with Crippen LogP contribution in [-0.2, 0) is 6.54 Å². The molecule has 0 spiro atoms. The van der Waals surface area contributed by atoms with Gasteiger partial charge in [0.2, 0.25) is 0 Å². The zero-order valence-electron chi connectivity index (χ0n) is 15.3. The third-order valence-corrected chi connectivity index (χ3v) is 4.34. The highest BCUT2D eigenvalue weighted by Gasteiger charge is 2.08. The molecule has 1 N–H and O–H groups in total. The molecule has 1 heterocycles. The lowest BCUT2D eigenvalue weighted by Crippen LogP contribution is -2.28. The molecule has 5 nitrogen and oxygen atoms in total. The summed E-state index contributed by atoms with van der Waals surface area (Å²) in [6.45, 7) is 1.87. The van der Waals surface area contributed by atoms with Gasteiger partial charge in [-0.3, -0.25) is 9.48 Å². The summed E-state index contributed by atoms with van der Waals surface area (Å²) in [7, 11) is 1.85. The van der Waals surface area contributed by atoms with Crippen LogP contribution in [0.1, 0.15) is 22.3 Å². The van der Waals surface area contributed by atoms with Gasteiger partial charge in [-0.15, -0.1) is 0 Å². The van der Waals surface area contributed by atoms with Crippen LogP contribution in [0.4, 0.5) is 10.1 Å². The van der Waals surface area contributed by atoms with Crippen molar-refractivity contribution in [2.45, 2.75) is 13.0 Å². The molecule has 0 aliphatic carbocycles. The van der Waals surface area contributed by atoms with Gasteiger partial charge in [-0.25, -0.2) is 4.39 Å². The van der Waals surface area contributed by atoms with Crippen LogP contribution in [0.15, 0.2) is 67.0 Å². The fourth-order valence-corrected chi connectivity index (χ4v) is 2.84. The Bertz CT molecular complexity index is 862. The van der Waals surface area contributed by atoms with E-state index in [4.69, 9.17) is 0 Å². The lowest BCUT2D eigenvalue weighted by atomic mass is 10.1. The predicted octanol–water partition coefficient (Wildman–Crippen LogP) is 3.33. The number of nitrogens with one attached hydrogen (secondary N) is 1. The first-order valence-corrected chi connectivity index (χ1v) is 8.94. The van der Waals surface area contributed by atoms with E-state index in [1.165, 1.54) is 6.07 Å². The summed E-state index contributed by atoms with van der Waals surface area (Å²) >= 11 is 0. The van der Waals surface area contributed by atoms with Crippen molar-refractivity contribution in [2.75, 3.05) is 25.0 Å². The Morgan fingerprint density at radius 3 is 2.63 bits per heavy atom. The van der Waals surface area contributed by atoms with Crippen molar-refractivity contribution in [2.24, 2.45) is 0 Å². The second kappa shape index (κ2) is 8.98. The molecule has 6 heteroatoms. The zero-order valence-corrected chi connectivity index (χ0v) is 15.3. The van der Waals surface area contributed by atoms with E-state index in [1.54, 1.807) is 18.3 Å². The third kappa shape index (κ3) is 5.17. The predicted molar refractivity (Wildman–Crippen MR) is 104 cm³/mol. The Balaban J connectivity index is 1.43. The zero-order chi connectivity index (χ0) is 19.1. The lowest BCUT2D eigenvalue weighted by Gasteiger charge is -2.19. The SMILES string of the molecule is CN(CCCNC(=O)c1ccc(Cn2cccn2)cc1)c1ccccc1F. The van der Waals surface area contributed by atoms with Crippen molar-refractivity contribution < 1.29 is 9.18 Å². The standard InChI is InChI=1S/C21H23FN4O/c1-25(20-7-3-2-6-19(20)22)14-4-12-23-21(27)18-10-8-17(9-11-18)16-26-15-5-13-24-26/h2-3,5-11,13,15H,4,12,14,16H2,1H3,(H,23,27).